The summed E-state index contributed by atoms with van der Waals surface area (Å²) in [6.45, 7) is 14.3. The fourth-order valence-electron chi connectivity index (χ4n) is 5.98. The maximum Gasteiger partial charge on any atom is 0.407 e. The number of hydrogen-bond acceptors (Lipinski definition) is 13. The molecule has 2 aromatic rings. The molecule has 0 aliphatic heterocycles. The molecule has 3 rings (SSSR count). The molecule has 0 unspecified atom stereocenters. The fourth-order valence-corrected chi connectivity index (χ4v) is 5.98. The van der Waals surface area contributed by atoms with Crippen LogP contribution in [0.15, 0.2) is 48.5 Å². The number of rotatable bonds is 41. The Balaban J connectivity index is 0.927. The van der Waals surface area contributed by atoms with Gasteiger partial charge in [0.1, 0.15) is 6.61 Å². The molecule has 0 aromatic heterocycles. The second-order valence-corrected chi connectivity index (χ2v) is 13.4. The maximum absolute atomic E-state index is 12.3. The second-order valence-electron chi connectivity index (χ2n) is 13.4. The molecular formula is C44H71NO13. The van der Waals surface area contributed by atoms with Gasteiger partial charge in [-0.25, -0.2) is 4.79 Å². The van der Waals surface area contributed by atoms with Gasteiger partial charge in [-0.2, -0.15) is 0 Å². The molecule has 0 spiro atoms. The van der Waals surface area contributed by atoms with Crippen molar-refractivity contribution in [3.05, 3.63) is 59.7 Å². The summed E-state index contributed by atoms with van der Waals surface area (Å²) in [7, 11) is 0. The normalized spacial score (nSPS) is 12.2. The van der Waals surface area contributed by atoms with Crippen LogP contribution in [0.3, 0.4) is 0 Å². The van der Waals surface area contributed by atoms with Crippen LogP contribution in [0.1, 0.15) is 56.1 Å². The molecule has 0 bridgehead atoms. The zero-order valence-corrected chi connectivity index (χ0v) is 35.0. The molecule has 0 atom stereocenters. The molecular weight excluding hydrogens is 750 g/mol. The predicted molar refractivity (Wildman–Crippen MR) is 221 cm³/mol. The van der Waals surface area contributed by atoms with Crippen LogP contribution >= 0.6 is 0 Å². The van der Waals surface area contributed by atoms with Crippen molar-refractivity contribution in [1.82, 2.24) is 5.32 Å². The minimum absolute atomic E-state index is 0.0371. The summed E-state index contributed by atoms with van der Waals surface area (Å²) in [5.41, 5.74) is 4.78. The summed E-state index contributed by atoms with van der Waals surface area (Å²) in [5, 5.41) is 2.75. The average molecular weight is 822 g/mol. The summed E-state index contributed by atoms with van der Waals surface area (Å²) in [6.07, 6.45) is 5.80. The molecule has 0 saturated heterocycles. The first-order valence-corrected chi connectivity index (χ1v) is 21.2. The van der Waals surface area contributed by atoms with Crippen LogP contribution in [0.4, 0.5) is 4.79 Å². The molecule has 0 saturated carbocycles. The molecule has 2 aromatic carbocycles. The zero-order valence-electron chi connectivity index (χ0n) is 35.0. The molecule has 1 aliphatic carbocycles. The van der Waals surface area contributed by atoms with Gasteiger partial charge in [0.2, 0.25) is 0 Å². The fraction of sp³-hybridized carbons (Fsp3) is 0.705. The predicted octanol–water partition coefficient (Wildman–Crippen LogP) is 5.68. The second kappa shape index (κ2) is 36.1. The van der Waals surface area contributed by atoms with Crippen molar-refractivity contribution in [3.63, 3.8) is 0 Å². The van der Waals surface area contributed by atoms with Gasteiger partial charge >= 0.3 is 6.09 Å². The van der Waals surface area contributed by atoms with E-state index in [1.807, 2.05) is 24.3 Å². The van der Waals surface area contributed by atoms with E-state index < -0.39 is 6.09 Å². The smallest absolute Gasteiger partial charge is 0.407 e. The van der Waals surface area contributed by atoms with Gasteiger partial charge in [-0.15, -0.1) is 0 Å². The van der Waals surface area contributed by atoms with Crippen LogP contribution in [0.2, 0.25) is 0 Å². The number of unbranched alkanes of at least 4 members (excludes halogenated alkanes) is 4. The summed E-state index contributed by atoms with van der Waals surface area (Å²) >= 11 is 0. The summed E-state index contributed by atoms with van der Waals surface area (Å²) in [5.74, 6) is 0.0371. The highest BCUT2D eigenvalue weighted by Gasteiger charge is 2.28. The highest BCUT2D eigenvalue weighted by Crippen LogP contribution is 2.44. The largest absolute Gasteiger partial charge is 0.449 e. The van der Waals surface area contributed by atoms with Crippen molar-refractivity contribution in [2.45, 2.75) is 44.9 Å². The number of hydrogen-bond donors (Lipinski definition) is 1. The van der Waals surface area contributed by atoms with Crippen LogP contribution in [0.5, 0.6) is 0 Å². The SMILES string of the molecule is CCCCCCCOCCOCCOCCOCCOCCOCCOCCOCCOCCOCCOCCNC(=O)OCC1c2ccccc2-c2ccccc21. The molecule has 0 heterocycles. The molecule has 58 heavy (non-hydrogen) atoms. The third-order valence-electron chi connectivity index (χ3n) is 8.97. The minimum Gasteiger partial charge on any atom is -0.449 e. The van der Waals surface area contributed by atoms with Crippen LogP contribution in [0.25, 0.3) is 11.1 Å². The highest BCUT2D eigenvalue weighted by atomic mass is 16.6. The number of carbonyl (C=O) groups is 1. The zero-order chi connectivity index (χ0) is 40.8. The van der Waals surface area contributed by atoms with Crippen LogP contribution < -0.4 is 5.32 Å². The van der Waals surface area contributed by atoms with E-state index in [-0.39, 0.29) is 12.5 Å². The van der Waals surface area contributed by atoms with E-state index in [0.29, 0.717) is 145 Å². The molecule has 14 nitrogen and oxygen atoms in total. The lowest BCUT2D eigenvalue weighted by Gasteiger charge is -2.14. The van der Waals surface area contributed by atoms with Crippen molar-refractivity contribution in [3.8, 4) is 11.1 Å². The Bertz CT molecular complexity index is 1210. The number of nitrogens with one attached hydrogen (secondary N) is 1. The molecule has 0 fully saturated rings. The number of alkyl carbamates (subject to hydrolysis) is 1. The van der Waals surface area contributed by atoms with E-state index in [1.54, 1.807) is 0 Å². The van der Waals surface area contributed by atoms with Crippen molar-refractivity contribution in [2.24, 2.45) is 0 Å². The summed E-state index contributed by atoms with van der Waals surface area (Å²) < 4.78 is 66.3. The van der Waals surface area contributed by atoms with E-state index >= 15 is 0 Å². The number of benzene rings is 2. The third-order valence-corrected chi connectivity index (χ3v) is 8.97. The van der Waals surface area contributed by atoms with Crippen molar-refractivity contribution >= 4 is 6.09 Å². The molecule has 1 N–H and O–H groups in total. The van der Waals surface area contributed by atoms with E-state index in [4.69, 9.17) is 56.8 Å². The van der Waals surface area contributed by atoms with Gasteiger partial charge in [0.15, 0.2) is 0 Å². The maximum atomic E-state index is 12.3. The van der Waals surface area contributed by atoms with E-state index in [2.05, 4.69) is 36.5 Å². The first-order valence-electron chi connectivity index (χ1n) is 21.2. The Morgan fingerprint density at radius 3 is 1.14 bits per heavy atom. The highest BCUT2D eigenvalue weighted by molar-refractivity contribution is 5.79. The Morgan fingerprint density at radius 1 is 0.431 bits per heavy atom. The van der Waals surface area contributed by atoms with Crippen molar-refractivity contribution < 1.29 is 61.6 Å². The van der Waals surface area contributed by atoms with Gasteiger partial charge in [-0.1, -0.05) is 81.1 Å². The van der Waals surface area contributed by atoms with Gasteiger partial charge in [0, 0.05) is 19.1 Å². The Labute approximate surface area is 346 Å². The number of ether oxygens (including phenoxy) is 12. The van der Waals surface area contributed by atoms with Crippen LogP contribution in [-0.4, -0.2) is 165 Å². The Morgan fingerprint density at radius 2 is 0.759 bits per heavy atom. The number of amides is 1. The lowest BCUT2D eigenvalue weighted by molar-refractivity contribution is -0.0275. The first-order chi connectivity index (χ1) is 28.8. The molecule has 14 heteroatoms. The Kier molecular flexibility index (Phi) is 30.9. The lowest BCUT2D eigenvalue weighted by Crippen LogP contribution is -2.29. The minimum atomic E-state index is -0.451. The van der Waals surface area contributed by atoms with E-state index in [9.17, 15) is 4.79 Å². The quantitative estimate of drug-likeness (QED) is 0.0825. The van der Waals surface area contributed by atoms with Crippen molar-refractivity contribution in [2.75, 3.05) is 159 Å². The first kappa shape index (κ1) is 49.6. The van der Waals surface area contributed by atoms with E-state index in [0.717, 1.165) is 13.0 Å². The van der Waals surface area contributed by atoms with Gasteiger partial charge in [0.25, 0.3) is 0 Å². The monoisotopic (exact) mass is 821 g/mol. The number of carbonyl (C=O) groups excluding carboxylic acids is 1. The van der Waals surface area contributed by atoms with Gasteiger partial charge < -0.3 is 62.2 Å². The van der Waals surface area contributed by atoms with Gasteiger partial charge in [0.05, 0.1) is 139 Å². The summed E-state index contributed by atoms with van der Waals surface area (Å²) in [6, 6.07) is 16.5. The number of fused-ring (bicyclic) bond motifs is 3. The molecule has 1 amide bonds. The average Bonchev–Trinajstić information content (AvgIpc) is 3.57. The summed E-state index contributed by atoms with van der Waals surface area (Å²) in [4.78, 5) is 12.3. The third kappa shape index (κ3) is 24.4. The standard InChI is InChI=1S/C44H71NO13/c1-2-3-4-5-10-16-47-18-20-49-22-24-51-26-28-53-30-32-55-34-36-57-37-35-56-33-31-54-29-27-52-25-23-50-21-19-48-17-15-45-44(46)58-38-43-41-13-8-6-11-39(41)40-12-7-9-14-42(40)43/h6-9,11-14,43H,2-5,10,15-38H2,1H3,(H,45,46). The topological polar surface area (TPSA) is 140 Å². The lowest BCUT2D eigenvalue weighted by atomic mass is 9.98. The van der Waals surface area contributed by atoms with E-state index in [1.165, 1.54) is 47.9 Å². The van der Waals surface area contributed by atoms with Crippen LogP contribution in [0, 0.1) is 0 Å². The molecule has 0 radical (unpaired) electrons. The molecule has 1 aliphatic rings. The Hall–Kier alpha value is -2.73. The van der Waals surface area contributed by atoms with Crippen LogP contribution in [-0.2, 0) is 56.8 Å². The molecule has 330 valence electrons. The van der Waals surface area contributed by atoms with Gasteiger partial charge in [-0.05, 0) is 28.7 Å². The van der Waals surface area contributed by atoms with Gasteiger partial charge in [-0.3, -0.25) is 0 Å². The van der Waals surface area contributed by atoms with Crippen molar-refractivity contribution in [1.29, 1.82) is 0 Å².